The molecule has 0 spiro atoms. The van der Waals surface area contributed by atoms with Crippen LogP contribution in [0.15, 0.2) is 28.9 Å². The summed E-state index contributed by atoms with van der Waals surface area (Å²) in [5.74, 6) is 1.93. The summed E-state index contributed by atoms with van der Waals surface area (Å²) in [5, 5.41) is 15.4. The van der Waals surface area contributed by atoms with E-state index in [1.807, 2.05) is 35.1 Å². The number of rotatable bonds is 6. The van der Waals surface area contributed by atoms with Crippen LogP contribution in [0.5, 0.6) is 0 Å². The first-order valence-corrected chi connectivity index (χ1v) is 9.03. The van der Waals surface area contributed by atoms with Crippen molar-refractivity contribution in [3.63, 3.8) is 0 Å². The number of hydrogen-bond donors (Lipinski definition) is 1. The minimum Gasteiger partial charge on any atom is -0.361 e. The van der Waals surface area contributed by atoms with Crippen molar-refractivity contribution in [2.75, 3.05) is 12.0 Å². The average Bonchev–Trinajstić information content (AvgIpc) is 3.15. The molecule has 3 heterocycles. The normalized spacial score (nSPS) is 12.5. The Hall–Kier alpha value is -2.35. The van der Waals surface area contributed by atoms with Gasteiger partial charge in [0, 0.05) is 6.20 Å². The zero-order valence-electron chi connectivity index (χ0n) is 13.8. The monoisotopic (exact) mass is 345 g/mol. The summed E-state index contributed by atoms with van der Waals surface area (Å²) < 4.78 is 6.99. The number of amides is 1. The van der Waals surface area contributed by atoms with Crippen LogP contribution in [0.1, 0.15) is 40.1 Å². The molecule has 0 saturated heterocycles. The van der Waals surface area contributed by atoms with E-state index in [0.29, 0.717) is 17.0 Å². The largest absolute Gasteiger partial charge is 0.361 e. The molecule has 0 aromatic carbocycles. The molecule has 1 amide bonds. The van der Waals surface area contributed by atoms with E-state index in [-0.39, 0.29) is 11.9 Å². The molecular weight excluding hydrogens is 326 g/mol. The van der Waals surface area contributed by atoms with Crippen molar-refractivity contribution in [1.82, 2.24) is 25.1 Å². The van der Waals surface area contributed by atoms with Crippen molar-refractivity contribution >= 4 is 23.3 Å². The Bertz CT molecular complexity index is 838. The van der Waals surface area contributed by atoms with Crippen molar-refractivity contribution in [3.8, 4) is 0 Å². The van der Waals surface area contributed by atoms with Gasteiger partial charge in [-0.3, -0.25) is 9.20 Å². The van der Waals surface area contributed by atoms with Crippen LogP contribution >= 0.6 is 11.8 Å². The van der Waals surface area contributed by atoms with E-state index in [9.17, 15) is 4.79 Å². The minimum atomic E-state index is -0.240. The van der Waals surface area contributed by atoms with Gasteiger partial charge < -0.3 is 9.84 Å². The van der Waals surface area contributed by atoms with Gasteiger partial charge in [-0.15, -0.1) is 10.2 Å². The molecule has 3 aromatic rings. The number of aryl methyl sites for hydroxylation is 2. The molecule has 0 bridgehead atoms. The van der Waals surface area contributed by atoms with Gasteiger partial charge in [0.05, 0.1) is 11.7 Å². The molecule has 3 aromatic heterocycles. The van der Waals surface area contributed by atoms with E-state index in [1.165, 1.54) is 0 Å². The van der Waals surface area contributed by atoms with Crippen molar-refractivity contribution in [2.45, 2.75) is 26.3 Å². The number of carbonyl (C=O) groups is 1. The Labute approximate surface area is 143 Å². The summed E-state index contributed by atoms with van der Waals surface area (Å²) in [7, 11) is 0. The highest BCUT2D eigenvalue weighted by molar-refractivity contribution is 7.98. The summed E-state index contributed by atoms with van der Waals surface area (Å²) >= 11 is 1.72. The van der Waals surface area contributed by atoms with Gasteiger partial charge in [0.25, 0.3) is 5.91 Å². The molecule has 0 aliphatic carbocycles. The first kappa shape index (κ1) is 16.5. The van der Waals surface area contributed by atoms with Crippen molar-refractivity contribution < 1.29 is 9.32 Å². The number of aromatic nitrogens is 4. The third-order valence-corrected chi connectivity index (χ3v) is 4.47. The highest BCUT2D eigenvalue weighted by atomic mass is 32.2. The van der Waals surface area contributed by atoms with E-state index in [2.05, 4.69) is 20.7 Å². The smallest absolute Gasteiger partial charge is 0.257 e. The molecule has 8 heteroatoms. The fraction of sp³-hybridized carbons (Fsp3) is 0.375. The highest BCUT2D eigenvalue weighted by Crippen LogP contribution is 2.20. The molecule has 1 unspecified atom stereocenters. The van der Waals surface area contributed by atoms with E-state index < -0.39 is 0 Å². The van der Waals surface area contributed by atoms with Crippen LogP contribution in [0.2, 0.25) is 0 Å². The van der Waals surface area contributed by atoms with Gasteiger partial charge in [-0.2, -0.15) is 11.8 Å². The van der Waals surface area contributed by atoms with Gasteiger partial charge in [0.2, 0.25) is 0 Å². The van der Waals surface area contributed by atoms with Gasteiger partial charge in [-0.1, -0.05) is 11.2 Å². The van der Waals surface area contributed by atoms with Crippen LogP contribution in [-0.4, -0.2) is 37.7 Å². The summed E-state index contributed by atoms with van der Waals surface area (Å²) in [5.41, 5.74) is 1.82. The molecule has 7 nitrogen and oxygen atoms in total. The Morgan fingerprint density at radius 2 is 2.21 bits per heavy atom. The lowest BCUT2D eigenvalue weighted by atomic mass is 10.1. The van der Waals surface area contributed by atoms with Crippen molar-refractivity contribution in [3.05, 3.63) is 47.2 Å². The van der Waals surface area contributed by atoms with E-state index in [1.54, 1.807) is 25.6 Å². The predicted molar refractivity (Wildman–Crippen MR) is 92.2 cm³/mol. The van der Waals surface area contributed by atoms with Crippen LogP contribution in [0.25, 0.3) is 5.65 Å². The van der Waals surface area contributed by atoms with Crippen LogP contribution in [0.3, 0.4) is 0 Å². The second kappa shape index (κ2) is 7.04. The summed E-state index contributed by atoms with van der Waals surface area (Å²) in [6, 6.07) is 5.48. The fourth-order valence-corrected chi connectivity index (χ4v) is 3.11. The molecule has 1 N–H and O–H groups in total. The maximum atomic E-state index is 12.7. The Morgan fingerprint density at radius 1 is 1.38 bits per heavy atom. The molecule has 1 atom stereocenters. The summed E-state index contributed by atoms with van der Waals surface area (Å²) in [6.07, 6.45) is 4.69. The number of fused-ring (bicyclic) bond motifs is 1. The zero-order valence-corrected chi connectivity index (χ0v) is 14.6. The number of thioether (sulfide) groups is 1. The van der Waals surface area contributed by atoms with Crippen molar-refractivity contribution in [2.24, 2.45) is 0 Å². The number of nitrogens with zero attached hydrogens (tertiary/aromatic N) is 4. The standard InChI is InChI=1S/C16H19N5O2S/c1-10-14(11(2)23-20-10)16(22)17-12(7-9-24-3)15-19-18-13-6-4-5-8-21(13)15/h4-6,8,12H,7,9H2,1-3H3,(H,17,22). The van der Waals surface area contributed by atoms with Gasteiger partial charge >= 0.3 is 0 Å². The van der Waals surface area contributed by atoms with E-state index >= 15 is 0 Å². The van der Waals surface area contributed by atoms with Crippen LogP contribution in [-0.2, 0) is 0 Å². The van der Waals surface area contributed by atoms with Gasteiger partial charge in [-0.25, -0.2) is 0 Å². The Morgan fingerprint density at radius 3 is 2.92 bits per heavy atom. The molecule has 0 saturated carbocycles. The first-order valence-electron chi connectivity index (χ1n) is 7.64. The fourth-order valence-electron chi connectivity index (χ4n) is 2.64. The molecule has 0 radical (unpaired) electrons. The number of nitrogens with one attached hydrogen (secondary N) is 1. The maximum absolute atomic E-state index is 12.7. The maximum Gasteiger partial charge on any atom is 0.257 e. The zero-order chi connectivity index (χ0) is 17.1. The van der Waals surface area contributed by atoms with E-state index in [4.69, 9.17) is 4.52 Å². The minimum absolute atomic E-state index is 0.204. The van der Waals surface area contributed by atoms with Gasteiger partial charge in [-0.05, 0) is 44.4 Å². The second-order valence-electron chi connectivity index (χ2n) is 5.49. The third kappa shape index (κ3) is 3.14. The van der Waals surface area contributed by atoms with Gasteiger partial charge in [0.1, 0.15) is 11.3 Å². The summed E-state index contributed by atoms with van der Waals surface area (Å²) in [6.45, 7) is 3.49. The molecule has 24 heavy (non-hydrogen) atoms. The lowest BCUT2D eigenvalue weighted by Crippen LogP contribution is -2.31. The topological polar surface area (TPSA) is 85.3 Å². The van der Waals surface area contributed by atoms with Crippen LogP contribution < -0.4 is 5.32 Å². The molecule has 0 aliphatic rings. The van der Waals surface area contributed by atoms with Crippen molar-refractivity contribution in [1.29, 1.82) is 0 Å². The second-order valence-corrected chi connectivity index (χ2v) is 6.48. The first-order chi connectivity index (χ1) is 11.6. The van der Waals surface area contributed by atoms with Crippen LogP contribution in [0, 0.1) is 13.8 Å². The number of pyridine rings is 1. The molecule has 0 aliphatic heterocycles. The van der Waals surface area contributed by atoms with Crippen LogP contribution in [0.4, 0.5) is 0 Å². The SMILES string of the molecule is CSCCC(NC(=O)c1c(C)noc1C)c1nnc2ccccn12. The molecule has 126 valence electrons. The lowest BCUT2D eigenvalue weighted by molar-refractivity contribution is 0.0931. The molecule has 0 fully saturated rings. The summed E-state index contributed by atoms with van der Waals surface area (Å²) in [4.78, 5) is 12.7. The molecule has 3 rings (SSSR count). The quantitative estimate of drug-likeness (QED) is 0.739. The third-order valence-electron chi connectivity index (χ3n) is 3.83. The number of carbonyl (C=O) groups excluding carboxylic acids is 1. The number of hydrogen-bond acceptors (Lipinski definition) is 6. The Kier molecular flexibility index (Phi) is 4.84. The van der Waals surface area contributed by atoms with E-state index in [0.717, 1.165) is 23.6 Å². The average molecular weight is 345 g/mol. The lowest BCUT2D eigenvalue weighted by Gasteiger charge is -2.17. The van der Waals surface area contributed by atoms with Gasteiger partial charge in [0.15, 0.2) is 11.5 Å². The highest BCUT2D eigenvalue weighted by Gasteiger charge is 2.24. The molecular formula is C16H19N5O2S. The predicted octanol–water partition coefficient (Wildman–Crippen LogP) is 2.56. The Balaban J connectivity index is 1.91.